The Morgan fingerprint density at radius 2 is 1.52 bits per heavy atom. The number of hydrogen-bond acceptors (Lipinski definition) is 7. The van der Waals surface area contributed by atoms with E-state index in [1.165, 1.54) is 0 Å². The van der Waals surface area contributed by atoms with Gasteiger partial charge >= 0.3 is 5.97 Å². The summed E-state index contributed by atoms with van der Waals surface area (Å²) in [7, 11) is 0. The van der Waals surface area contributed by atoms with Crippen LogP contribution < -0.4 is 0 Å². The van der Waals surface area contributed by atoms with Crippen molar-refractivity contribution in [3.05, 3.63) is 12.2 Å². The molecule has 0 aliphatic carbocycles. The maximum absolute atomic E-state index is 11.6. The van der Waals surface area contributed by atoms with Crippen molar-refractivity contribution in [2.24, 2.45) is 5.92 Å². The second-order valence-electron chi connectivity index (χ2n) is 7.79. The lowest BCUT2D eigenvalue weighted by Gasteiger charge is -2.40. The molecule has 2 N–H and O–H groups in total. The number of rotatable bonds is 4. The molecular weight excluding hydrogens is 332 g/mol. The van der Waals surface area contributed by atoms with E-state index in [1.54, 1.807) is 34.6 Å². The molecule has 142 valence electrons. The van der Waals surface area contributed by atoms with E-state index >= 15 is 0 Å². The van der Waals surface area contributed by atoms with Crippen molar-refractivity contribution >= 4 is 5.97 Å². The van der Waals surface area contributed by atoms with Crippen LogP contribution in [-0.4, -0.2) is 64.6 Å². The first-order valence-electron chi connectivity index (χ1n) is 8.35. The average molecular weight is 358 g/mol. The van der Waals surface area contributed by atoms with Crippen LogP contribution in [0.2, 0.25) is 0 Å². The first-order valence-corrected chi connectivity index (χ1v) is 8.35. The predicted octanol–water partition coefficient (Wildman–Crippen LogP) is 1.02. The predicted molar refractivity (Wildman–Crippen MR) is 84.5 cm³/mol. The zero-order valence-electron chi connectivity index (χ0n) is 15.1. The minimum Gasteiger partial charge on any atom is -0.481 e. The number of aliphatic hydroxyl groups is 1. The summed E-state index contributed by atoms with van der Waals surface area (Å²) in [6.45, 7) is 12.2. The van der Waals surface area contributed by atoms with Crippen molar-refractivity contribution in [3.63, 3.8) is 0 Å². The third kappa shape index (κ3) is 3.34. The van der Waals surface area contributed by atoms with Gasteiger partial charge in [0.1, 0.15) is 30.3 Å². The molecule has 0 unspecified atom stereocenters. The van der Waals surface area contributed by atoms with Crippen LogP contribution in [0.5, 0.6) is 0 Å². The standard InChI is InChI=1S/C17H26O8/c1-7(2)8(14(19)20)9(18)10-11-12(23-16(3,4)22-11)13-15(21-10)25-17(5,6)24-13/h8-13,15,18H,1H2,2-6H3,(H,19,20)/t8-,9+,10-,11+,12+,13-,15-/m1/s1. The maximum atomic E-state index is 11.6. The number of aliphatic carboxylic acids is 1. The van der Waals surface area contributed by atoms with Crippen LogP contribution in [0.1, 0.15) is 34.6 Å². The Kier molecular flexibility index (Phi) is 4.50. The molecule has 0 aromatic heterocycles. The second kappa shape index (κ2) is 6.00. The third-order valence-electron chi connectivity index (χ3n) is 4.67. The van der Waals surface area contributed by atoms with Crippen LogP contribution in [0, 0.1) is 5.92 Å². The lowest BCUT2D eigenvalue weighted by molar-refractivity contribution is -0.256. The summed E-state index contributed by atoms with van der Waals surface area (Å²) in [4.78, 5) is 11.6. The van der Waals surface area contributed by atoms with E-state index in [2.05, 4.69) is 6.58 Å². The molecule has 3 heterocycles. The van der Waals surface area contributed by atoms with Gasteiger partial charge in [0.25, 0.3) is 0 Å². The number of carbonyl (C=O) groups is 1. The molecule has 0 amide bonds. The molecule has 0 radical (unpaired) electrons. The van der Waals surface area contributed by atoms with Gasteiger partial charge in [-0.05, 0) is 34.6 Å². The number of hydrogen-bond donors (Lipinski definition) is 2. The minimum absolute atomic E-state index is 0.323. The zero-order chi connectivity index (χ0) is 18.7. The van der Waals surface area contributed by atoms with E-state index in [1.807, 2.05) is 0 Å². The minimum atomic E-state index is -1.37. The first kappa shape index (κ1) is 18.8. The van der Waals surface area contributed by atoms with E-state index in [9.17, 15) is 15.0 Å². The van der Waals surface area contributed by atoms with Crippen molar-refractivity contribution in [1.29, 1.82) is 0 Å². The molecule has 3 fully saturated rings. The fraction of sp³-hybridized carbons (Fsp3) is 0.824. The summed E-state index contributed by atoms with van der Waals surface area (Å²) in [5.41, 5.74) is 0.323. The normalized spacial score (nSPS) is 40.8. The fourth-order valence-electron chi connectivity index (χ4n) is 3.76. The summed E-state index contributed by atoms with van der Waals surface area (Å²) >= 11 is 0. The van der Waals surface area contributed by atoms with Gasteiger partial charge in [-0.1, -0.05) is 12.2 Å². The SMILES string of the molecule is C=C(C)[C@@H](C(=O)O)[C@H](O)[C@H]1O[C@@H]2OC(C)(C)O[C@@H]2[C@H]2OC(C)(C)O[C@H]21. The Bertz CT molecular complexity index is 557. The Morgan fingerprint density at radius 3 is 2.08 bits per heavy atom. The van der Waals surface area contributed by atoms with Gasteiger partial charge in [-0.15, -0.1) is 0 Å². The van der Waals surface area contributed by atoms with Gasteiger partial charge in [-0.25, -0.2) is 0 Å². The van der Waals surface area contributed by atoms with Crippen LogP contribution >= 0.6 is 0 Å². The van der Waals surface area contributed by atoms with Gasteiger partial charge in [-0.2, -0.15) is 0 Å². The number of fused-ring (bicyclic) bond motifs is 3. The van der Waals surface area contributed by atoms with Gasteiger partial charge in [-0.3, -0.25) is 4.79 Å². The molecule has 8 heteroatoms. The van der Waals surface area contributed by atoms with E-state index in [0.717, 1.165) is 0 Å². The Balaban J connectivity index is 1.91. The van der Waals surface area contributed by atoms with Crippen LogP contribution in [0.25, 0.3) is 0 Å². The van der Waals surface area contributed by atoms with E-state index in [0.29, 0.717) is 5.57 Å². The highest BCUT2D eigenvalue weighted by Gasteiger charge is 2.62. The zero-order valence-corrected chi connectivity index (χ0v) is 15.1. The van der Waals surface area contributed by atoms with Gasteiger partial charge in [0.15, 0.2) is 17.9 Å². The van der Waals surface area contributed by atoms with Crippen molar-refractivity contribution in [2.45, 2.75) is 83.0 Å². The summed E-state index contributed by atoms with van der Waals surface area (Å²) in [6.07, 6.45) is -4.87. The molecule has 0 aromatic rings. The smallest absolute Gasteiger partial charge is 0.313 e. The third-order valence-corrected chi connectivity index (χ3v) is 4.67. The summed E-state index contributed by atoms with van der Waals surface area (Å²) in [6, 6.07) is 0. The topological polar surface area (TPSA) is 104 Å². The van der Waals surface area contributed by atoms with Crippen molar-refractivity contribution in [3.8, 4) is 0 Å². The summed E-state index contributed by atoms with van der Waals surface area (Å²) in [5.74, 6) is -4.16. The Hall–Kier alpha value is -1.03. The largest absolute Gasteiger partial charge is 0.481 e. The van der Waals surface area contributed by atoms with Crippen molar-refractivity contribution in [2.75, 3.05) is 0 Å². The molecule has 3 rings (SSSR count). The molecule has 0 aromatic carbocycles. The number of aliphatic hydroxyl groups excluding tert-OH is 1. The quantitative estimate of drug-likeness (QED) is 0.718. The van der Waals surface area contributed by atoms with Gasteiger partial charge in [0, 0.05) is 0 Å². The van der Waals surface area contributed by atoms with Gasteiger partial charge < -0.3 is 33.9 Å². The first-order chi connectivity index (χ1) is 11.4. The highest BCUT2D eigenvalue weighted by atomic mass is 16.9. The molecule has 8 nitrogen and oxygen atoms in total. The Morgan fingerprint density at radius 1 is 1.00 bits per heavy atom. The molecule has 0 spiro atoms. The van der Waals surface area contributed by atoms with E-state index < -0.39 is 60.3 Å². The molecule has 0 saturated carbocycles. The van der Waals surface area contributed by atoms with E-state index in [4.69, 9.17) is 23.7 Å². The lowest BCUT2D eigenvalue weighted by atomic mass is 9.86. The molecule has 0 bridgehead atoms. The monoisotopic (exact) mass is 358 g/mol. The molecule has 7 atom stereocenters. The van der Waals surface area contributed by atoms with Crippen LogP contribution in [0.4, 0.5) is 0 Å². The summed E-state index contributed by atoms with van der Waals surface area (Å²) in [5, 5.41) is 20.2. The van der Waals surface area contributed by atoms with E-state index in [-0.39, 0.29) is 0 Å². The Labute approximate surface area is 146 Å². The number of carboxylic acids is 1. The number of ether oxygens (including phenoxy) is 5. The van der Waals surface area contributed by atoms with Gasteiger partial charge in [0.2, 0.25) is 0 Å². The lowest BCUT2D eigenvalue weighted by Crippen LogP contribution is -2.60. The van der Waals surface area contributed by atoms with Crippen molar-refractivity contribution in [1.82, 2.24) is 0 Å². The van der Waals surface area contributed by atoms with Crippen LogP contribution in [-0.2, 0) is 28.5 Å². The van der Waals surface area contributed by atoms with Crippen molar-refractivity contribution < 1.29 is 38.7 Å². The van der Waals surface area contributed by atoms with Gasteiger partial charge in [0.05, 0.1) is 6.10 Å². The maximum Gasteiger partial charge on any atom is 0.313 e. The fourth-order valence-corrected chi connectivity index (χ4v) is 3.76. The molecule has 3 aliphatic heterocycles. The highest BCUT2D eigenvalue weighted by molar-refractivity contribution is 5.74. The highest BCUT2D eigenvalue weighted by Crippen LogP contribution is 2.45. The molecular formula is C17H26O8. The second-order valence-corrected chi connectivity index (χ2v) is 7.79. The average Bonchev–Trinajstić information content (AvgIpc) is 2.90. The number of carboxylic acid groups (broad SMARTS) is 1. The molecule has 3 saturated heterocycles. The summed E-state index contributed by atoms with van der Waals surface area (Å²) < 4.78 is 29.4. The van der Waals surface area contributed by atoms with Crippen LogP contribution in [0.15, 0.2) is 12.2 Å². The molecule has 3 aliphatic rings. The van der Waals surface area contributed by atoms with Crippen LogP contribution in [0.3, 0.4) is 0 Å². The molecule has 25 heavy (non-hydrogen) atoms.